The summed E-state index contributed by atoms with van der Waals surface area (Å²) in [4.78, 5) is 14.4. The molecule has 0 aromatic heterocycles. The lowest BCUT2D eigenvalue weighted by atomic mass is 10.0. The molecule has 0 unspecified atom stereocenters. The molecule has 0 spiro atoms. The summed E-state index contributed by atoms with van der Waals surface area (Å²) in [5.74, 6) is 0.251. The van der Waals surface area contributed by atoms with E-state index in [1.54, 1.807) is 0 Å². The molecule has 0 aromatic rings. The van der Waals surface area contributed by atoms with Crippen LogP contribution in [0.25, 0.3) is 0 Å². The first-order chi connectivity index (χ1) is 13.7. The molecule has 0 aromatic carbocycles. The Morgan fingerprint density at radius 2 is 1.04 bits per heavy atom. The molecule has 0 bridgehead atoms. The van der Waals surface area contributed by atoms with Gasteiger partial charge in [0.15, 0.2) is 0 Å². The fourth-order valence-electron chi connectivity index (χ4n) is 3.89. The highest BCUT2D eigenvalue weighted by atomic mass is 16.1. The molecule has 0 atom stereocenters. The number of hydrogen-bond acceptors (Lipinski definition) is 2. The third-order valence-corrected chi connectivity index (χ3v) is 5.56. The normalized spacial score (nSPS) is 11.3. The van der Waals surface area contributed by atoms with E-state index in [1.165, 1.54) is 103 Å². The van der Waals surface area contributed by atoms with Gasteiger partial charge in [0.1, 0.15) is 0 Å². The number of nitrogens with zero attached hydrogens (tertiary/aromatic N) is 1. The lowest BCUT2D eigenvalue weighted by Gasteiger charge is -2.20. The first kappa shape index (κ1) is 27.4. The van der Waals surface area contributed by atoms with Crippen molar-refractivity contribution >= 4 is 5.91 Å². The van der Waals surface area contributed by atoms with Crippen LogP contribution in [-0.2, 0) is 4.79 Å². The van der Waals surface area contributed by atoms with Gasteiger partial charge in [0.2, 0.25) is 5.91 Å². The third-order valence-electron chi connectivity index (χ3n) is 5.56. The maximum Gasteiger partial charge on any atom is 0.219 e. The Morgan fingerprint density at radius 1 is 0.571 bits per heavy atom. The molecule has 28 heavy (non-hydrogen) atoms. The van der Waals surface area contributed by atoms with Gasteiger partial charge >= 0.3 is 0 Å². The van der Waals surface area contributed by atoms with E-state index in [9.17, 15) is 4.79 Å². The van der Waals surface area contributed by atoms with Crippen LogP contribution in [0.15, 0.2) is 0 Å². The maximum atomic E-state index is 11.9. The molecule has 1 amide bonds. The van der Waals surface area contributed by atoms with Crippen molar-refractivity contribution in [2.24, 2.45) is 0 Å². The largest absolute Gasteiger partial charge is 0.356 e. The molecule has 168 valence electrons. The van der Waals surface area contributed by atoms with Crippen molar-refractivity contribution in [3.05, 3.63) is 0 Å². The van der Waals surface area contributed by atoms with E-state index >= 15 is 0 Å². The molecular formula is C25H52N2O. The van der Waals surface area contributed by atoms with Gasteiger partial charge in [-0.15, -0.1) is 0 Å². The predicted octanol–water partition coefficient (Wildman–Crippen LogP) is 7.10. The third kappa shape index (κ3) is 20.2. The molecule has 0 aliphatic rings. The van der Waals surface area contributed by atoms with E-state index in [-0.39, 0.29) is 5.91 Å². The summed E-state index contributed by atoms with van der Waals surface area (Å²) in [7, 11) is 0. The molecule has 1 N–H and O–H groups in total. The van der Waals surface area contributed by atoms with E-state index in [4.69, 9.17) is 0 Å². The van der Waals surface area contributed by atoms with Crippen LogP contribution >= 0.6 is 0 Å². The van der Waals surface area contributed by atoms with Gasteiger partial charge in [-0.1, -0.05) is 97.8 Å². The number of hydrogen-bond donors (Lipinski definition) is 1. The highest BCUT2D eigenvalue weighted by Crippen LogP contribution is 2.12. The minimum atomic E-state index is 0.251. The van der Waals surface area contributed by atoms with Crippen LogP contribution in [-0.4, -0.2) is 37.0 Å². The topological polar surface area (TPSA) is 32.3 Å². The second-order valence-corrected chi connectivity index (χ2v) is 8.54. The van der Waals surface area contributed by atoms with E-state index in [1.807, 2.05) is 0 Å². The van der Waals surface area contributed by atoms with Crippen molar-refractivity contribution in [3.8, 4) is 0 Å². The SMILES string of the molecule is CCCCCCCCCCCCCCCC(=O)NCCCN(CCC)CCC. The highest BCUT2D eigenvalue weighted by molar-refractivity contribution is 5.75. The highest BCUT2D eigenvalue weighted by Gasteiger charge is 2.04. The van der Waals surface area contributed by atoms with Crippen molar-refractivity contribution < 1.29 is 4.79 Å². The second kappa shape index (κ2) is 22.7. The van der Waals surface area contributed by atoms with Gasteiger partial charge in [0.25, 0.3) is 0 Å². The Kier molecular flexibility index (Phi) is 22.3. The van der Waals surface area contributed by atoms with Crippen LogP contribution in [0.4, 0.5) is 0 Å². The average Bonchev–Trinajstić information content (AvgIpc) is 2.69. The number of carbonyl (C=O) groups excluding carboxylic acids is 1. The average molecular weight is 397 g/mol. The molecule has 0 fully saturated rings. The van der Waals surface area contributed by atoms with Gasteiger partial charge in [-0.25, -0.2) is 0 Å². The van der Waals surface area contributed by atoms with Crippen molar-refractivity contribution in [1.29, 1.82) is 0 Å². The van der Waals surface area contributed by atoms with Crippen molar-refractivity contribution in [2.75, 3.05) is 26.2 Å². The zero-order valence-corrected chi connectivity index (χ0v) is 19.7. The Labute approximate surface area is 177 Å². The summed E-state index contributed by atoms with van der Waals surface area (Å²) in [6, 6.07) is 0. The van der Waals surface area contributed by atoms with Gasteiger partial charge in [-0.3, -0.25) is 4.79 Å². The Bertz CT molecular complexity index is 314. The predicted molar refractivity (Wildman–Crippen MR) is 125 cm³/mol. The van der Waals surface area contributed by atoms with E-state index in [2.05, 4.69) is 31.0 Å². The first-order valence-electron chi connectivity index (χ1n) is 12.7. The first-order valence-corrected chi connectivity index (χ1v) is 12.7. The quantitative estimate of drug-likeness (QED) is 0.198. The molecule has 0 saturated heterocycles. The van der Waals surface area contributed by atoms with E-state index in [0.717, 1.165) is 25.9 Å². The van der Waals surface area contributed by atoms with Gasteiger partial charge < -0.3 is 10.2 Å². The summed E-state index contributed by atoms with van der Waals surface area (Å²) in [5.41, 5.74) is 0. The number of amides is 1. The summed E-state index contributed by atoms with van der Waals surface area (Å²) in [6.45, 7) is 11.1. The maximum absolute atomic E-state index is 11.9. The van der Waals surface area contributed by atoms with E-state index in [0.29, 0.717) is 6.42 Å². The van der Waals surface area contributed by atoms with Crippen LogP contribution in [0.1, 0.15) is 130 Å². The van der Waals surface area contributed by atoms with Gasteiger partial charge in [-0.05, 0) is 45.3 Å². The summed E-state index contributed by atoms with van der Waals surface area (Å²) in [5, 5.41) is 3.10. The van der Waals surface area contributed by atoms with E-state index < -0.39 is 0 Å². The zero-order valence-electron chi connectivity index (χ0n) is 19.7. The number of rotatable bonds is 22. The lowest BCUT2D eigenvalue weighted by Crippen LogP contribution is -2.31. The summed E-state index contributed by atoms with van der Waals surface area (Å²) < 4.78 is 0. The zero-order chi connectivity index (χ0) is 20.7. The van der Waals surface area contributed by atoms with Crippen molar-refractivity contribution in [3.63, 3.8) is 0 Å². The molecular weight excluding hydrogens is 344 g/mol. The molecule has 0 radical (unpaired) electrons. The van der Waals surface area contributed by atoms with Crippen LogP contribution in [0.3, 0.4) is 0 Å². The fourth-order valence-corrected chi connectivity index (χ4v) is 3.89. The number of unbranched alkanes of at least 4 members (excludes halogenated alkanes) is 12. The van der Waals surface area contributed by atoms with Crippen molar-refractivity contribution in [2.45, 2.75) is 130 Å². The van der Waals surface area contributed by atoms with Crippen LogP contribution in [0.2, 0.25) is 0 Å². The van der Waals surface area contributed by atoms with Crippen LogP contribution in [0, 0.1) is 0 Å². The molecule has 0 heterocycles. The smallest absolute Gasteiger partial charge is 0.219 e. The number of carbonyl (C=O) groups is 1. The monoisotopic (exact) mass is 396 g/mol. The molecule has 0 saturated carbocycles. The Hall–Kier alpha value is -0.570. The summed E-state index contributed by atoms with van der Waals surface area (Å²) in [6.07, 6.45) is 21.8. The molecule has 0 rings (SSSR count). The van der Waals surface area contributed by atoms with Gasteiger partial charge in [0, 0.05) is 13.0 Å². The van der Waals surface area contributed by atoms with Crippen molar-refractivity contribution in [1.82, 2.24) is 10.2 Å². The fraction of sp³-hybridized carbons (Fsp3) is 0.960. The summed E-state index contributed by atoms with van der Waals surface area (Å²) >= 11 is 0. The van der Waals surface area contributed by atoms with Gasteiger partial charge in [0.05, 0.1) is 0 Å². The minimum Gasteiger partial charge on any atom is -0.356 e. The molecule has 0 aliphatic carbocycles. The minimum absolute atomic E-state index is 0.251. The molecule has 3 heteroatoms. The number of nitrogens with one attached hydrogen (secondary N) is 1. The second-order valence-electron chi connectivity index (χ2n) is 8.54. The van der Waals surface area contributed by atoms with Crippen LogP contribution < -0.4 is 5.32 Å². The van der Waals surface area contributed by atoms with Gasteiger partial charge in [-0.2, -0.15) is 0 Å². The Balaban J connectivity index is 3.30. The molecule has 3 nitrogen and oxygen atoms in total. The Morgan fingerprint density at radius 3 is 1.50 bits per heavy atom. The van der Waals surface area contributed by atoms with Crippen LogP contribution in [0.5, 0.6) is 0 Å². The lowest BCUT2D eigenvalue weighted by molar-refractivity contribution is -0.121. The molecule has 0 aliphatic heterocycles. The standard InChI is InChI=1S/C25H52N2O/c1-4-7-8-9-10-11-12-13-14-15-16-17-18-20-25(28)26-21-19-24-27(22-5-2)23-6-3/h4-24H2,1-3H3,(H,26,28).